The average Bonchev–Trinajstić information content (AvgIpc) is 2.74. The maximum absolute atomic E-state index is 6.17. The fourth-order valence-corrected chi connectivity index (χ4v) is 3.71. The summed E-state index contributed by atoms with van der Waals surface area (Å²) >= 11 is 6.17. The lowest BCUT2D eigenvalue weighted by atomic mass is 10.0. The van der Waals surface area contributed by atoms with Crippen molar-refractivity contribution in [3.8, 4) is 11.1 Å². The molecule has 0 bridgehead atoms. The van der Waals surface area contributed by atoms with E-state index in [-0.39, 0.29) is 0 Å². The Bertz CT molecular complexity index is 1060. The van der Waals surface area contributed by atoms with Crippen molar-refractivity contribution in [3.05, 3.63) is 119 Å². The largest absolute Gasteiger partial charge is 0.310 e. The van der Waals surface area contributed by atoms with Crippen LogP contribution in [0.3, 0.4) is 0 Å². The van der Waals surface area contributed by atoms with Crippen LogP contribution in [0.4, 0.5) is 11.4 Å². The standard InChI is InChI=1S/C27H24ClN/c1-21-9-4-2-7-13-26(19-21)29(25-17-15-24(28)16-18-25)27-14-8-12-23(20-27)22-10-5-3-6-11-22/h3,5-20H,2,4H2,1H3/b13-7-,21-9?,26-19?. The number of benzene rings is 3. The first-order chi connectivity index (χ1) is 14.2. The predicted molar refractivity (Wildman–Crippen MR) is 126 cm³/mol. The average molecular weight is 398 g/mol. The second kappa shape index (κ2) is 8.98. The van der Waals surface area contributed by atoms with Crippen LogP contribution in [-0.2, 0) is 0 Å². The topological polar surface area (TPSA) is 3.24 Å². The highest BCUT2D eigenvalue weighted by Crippen LogP contribution is 2.34. The Kier molecular flexibility index (Phi) is 5.97. The van der Waals surface area contributed by atoms with E-state index in [9.17, 15) is 0 Å². The first-order valence-corrected chi connectivity index (χ1v) is 10.3. The van der Waals surface area contributed by atoms with E-state index in [2.05, 4.69) is 96.8 Å². The molecule has 4 rings (SSSR count). The Balaban J connectivity index is 1.85. The summed E-state index contributed by atoms with van der Waals surface area (Å²) in [5.41, 5.74) is 7.05. The lowest BCUT2D eigenvalue weighted by Crippen LogP contribution is -2.15. The quantitative estimate of drug-likeness (QED) is 0.427. The minimum Gasteiger partial charge on any atom is -0.310 e. The summed E-state index contributed by atoms with van der Waals surface area (Å²) < 4.78 is 0. The highest BCUT2D eigenvalue weighted by atomic mass is 35.5. The van der Waals surface area contributed by atoms with Crippen LogP contribution < -0.4 is 4.90 Å². The highest BCUT2D eigenvalue weighted by Gasteiger charge is 2.15. The van der Waals surface area contributed by atoms with Crippen molar-refractivity contribution < 1.29 is 0 Å². The van der Waals surface area contributed by atoms with Gasteiger partial charge in [-0.25, -0.2) is 0 Å². The van der Waals surface area contributed by atoms with Crippen LogP contribution in [0.1, 0.15) is 19.8 Å². The fourth-order valence-electron chi connectivity index (χ4n) is 3.58. The number of nitrogens with zero attached hydrogens (tertiary/aromatic N) is 1. The van der Waals surface area contributed by atoms with Crippen molar-refractivity contribution in [1.82, 2.24) is 0 Å². The summed E-state index contributed by atoms with van der Waals surface area (Å²) in [6, 6.07) is 27.2. The Labute approximate surface area is 178 Å². The summed E-state index contributed by atoms with van der Waals surface area (Å²) in [5.74, 6) is 0. The molecule has 144 valence electrons. The molecule has 0 heterocycles. The van der Waals surface area contributed by atoms with Gasteiger partial charge >= 0.3 is 0 Å². The minimum absolute atomic E-state index is 0.741. The first kappa shape index (κ1) is 19.3. The molecule has 0 fully saturated rings. The number of hydrogen-bond acceptors (Lipinski definition) is 1. The molecule has 0 unspecified atom stereocenters. The van der Waals surface area contributed by atoms with Crippen LogP contribution in [0.5, 0.6) is 0 Å². The zero-order valence-electron chi connectivity index (χ0n) is 16.6. The Morgan fingerprint density at radius 2 is 1.52 bits per heavy atom. The lowest BCUT2D eigenvalue weighted by molar-refractivity contribution is 1.03. The number of anilines is 2. The molecule has 1 aliphatic rings. The van der Waals surface area contributed by atoms with E-state index < -0.39 is 0 Å². The molecule has 0 saturated carbocycles. The van der Waals surface area contributed by atoms with Crippen molar-refractivity contribution in [2.45, 2.75) is 19.8 Å². The van der Waals surface area contributed by atoms with Crippen LogP contribution in [0.25, 0.3) is 11.1 Å². The summed E-state index contributed by atoms with van der Waals surface area (Å²) in [6.07, 6.45) is 11.1. The molecule has 1 nitrogen and oxygen atoms in total. The zero-order chi connectivity index (χ0) is 20.1. The van der Waals surface area contributed by atoms with E-state index in [4.69, 9.17) is 11.6 Å². The van der Waals surface area contributed by atoms with Gasteiger partial charge in [-0.2, -0.15) is 0 Å². The summed E-state index contributed by atoms with van der Waals surface area (Å²) in [7, 11) is 0. The summed E-state index contributed by atoms with van der Waals surface area (Å²) in [4.78, 5) is 2.29. The van der Waals surface area contributed by atoms with Gasteiger partial charge in [0.05, 0.1) is 0 Å². The van der Waals surface area contributed by atoms with Crippen LogP contribution in [0.15, 0.2) is 114 Å². The molecule has 0 amide bonds. The molecule has 29 heavy (non-hydrogen) atoms. The number of halogens is 1. The lowest BCUT2D eigenvalue weighted by Gasteiger charge is -2.27. The van der Waals surface area contributed by atoms with Crippen molar-refractivity contribution in [2.75, 3.05) is 4.90 Å². The van der Waals surface area contributed by atoms with Gasteiger partial charge in [-0.1, -0.05) is 71.8 Å². The first-order valence-electron chi connectivity index (χ1n) is 9.97. The Morgan fingerprint density at radius 1 is 0.759 bits per heavy atom. The predicted octanol–water partition coefficient (Wildman–Crippen LogP) is 8.33. The van der Waals surface area contributed by atoms with Crippen molar-refractivity contribution >= 4 is 23.0 Å². The van der Waals surface area contributed by atoms with Crippen molar-refractivity contribution in [2.24, 2.45) is 0 Å². The maximum Gasteiger partial charge on any atom is 0.0467 e. The molecule has 0 atom stereocenters. The molecule has 0 aromatic heterocycles. The second-order valence-electron chi connectivity index (χ2n) is 7.23. The monoisotopic (exact) mass is 397 g/mol. The molecule has 0 aliphatic heterocycles. The third-order valence-corrected chi connectivity index (χ3v) is 5.27. The molecule has 3 aromatic carbocycles. The Hall–Kier alpha value is -3.03. The molecule has 2 heteroatoms. The third kappa shape index (κ3) is 4.70. The molecule has 0 spiro atoms. The van der Waals surface area contributed by atoms with Gasteiger partial charge in [0, 0.05) is 22.1 Å². The maximum atomic E-state index is 6.17. The summed E-state index contributed by atoms with van der Waals surface area (Å²) in [6.45, 7) is 2.17. The minimum atomic E-state index is 0.741. The van der Waals surface area contributed by atoms with Gasteiger partial charge in [-0.15, -0.1) is 0 Å². The van der Waals surface area contributed by atoms with Gasteiger partial charge in [0.2, 0.25) is 0 Å². The summed E-state index contributed by atoms with van der Waals surface area (Å²) in [5, 5.41) is 0.741. The van der Waals surface area contributed by atoms with Gasteiger partial charge in [0.25, 0.3) is 0 Å². The molecule has 0 N–H and O–H groups in total. The Morgan fingerprint density at radius 3 is 2.31 bits per heavy atom. The molecule has 0 radical (unpaired) electrons. The van der Waals surface area contributed by atoms with E-state index >= 15 is 0 Å². The smallest absolute Gasteiger partial charge is 0.0467 e. The second-order valence-corrected chi connectivity index (χ2v) is 7.66. The van der Waals surface area contributed by atoms with Crippen LogP contribution in [0.2, 0.25) is 5.02 Å². The number of allylic oxidation sites excluding steroid dienone is 5. The third-order valence-electron chi connectivity index (χ3n) is 5.02. The van der Waals surface area contributed by atoms with E-state index in [1.54, 1.807) is 0 Å². The number of rotatable bonds is 4. The van der Waals surface area contributed by atoms with Gasteiger partial charge in [0.15, 0.2) is 0 Å². The zero-order valence-corrected chi connectivity index (χ0v) is 17.3. The molecule has 1 aliphatic carbocycles. The van der Waals surface area contributed by atoms with Crippen LogP contribution in [0, 0.1) is 0 Å². The highest BCUT2D eigenvalue weighted by molar-refractivity contribution is 6.30. The molecular weight excluding hydrogens is 374 g/mol. The van der Waals surface area contributed by atoms with E-state index in [0.29, 0.717) is 0 Å². The van der Waals surface area contributed by atoms with Gasteiger partial charge in [-0.05, 0) is 79.4 Å². The van der Waals surface area contributed by atoms with Gasteiger partial charge in [0.1, 0.15) is 0 Å². The van der Waals surface area contributed by atoms with Gasteiger partial charge in [-0.3, -0.25) is 0 Å². The number of hydrogen-bond donors (Lipinski definition) is 0. The van der Waals surface area contributed by atoms with E-state index in [1.165, 1.54) is 16.7 Å². The van der Waals surface area contributed by atoms with Crippen LogP contribution in [-0.4, -0.2) is 0 Å². The molecular formula is C27H24ClN. The van der Waals surface area contributed by atoms with E-state index in [0.717, 1.165) is 34.9 Å². The van der Waals surface area contributed by atoms with E-state index in [1.807, 2.05) is 18.2 Å². The SMILES string of the molecule is CC1=CCC/C=C\C(N(c2ccc(Cl)cc2)c2cccc(-c3ccccc3)c2)=C1. The van der Waals surface area contributed by atoms with Crippen LogP contribution >= 0.6 is 11.6 Å². The van der Waals surface area contributed by atoms with Crippen molar-refractivity contribution in [1.29, 1.82) is 0 Å². The fraction of sp³-hybridized carbons (Fsp3) is 0.111. The molecule has 3 aromatic rings. The normalized spacial score (nSPS) is 15.0. The van der Waals surface area contributed by atoms with Gasteiger partial charge < -0.3 is 4.90 Å². The molecule has 0 saturated heterocycles. The van der Waals surface area contributed by atoms with Crippen molar-refractivity contribution in [3.63, 3.8) is 0 Å².